The normalized spacial score (nSPS) is 14.6. The summed E-state index contributed by atoms with van der Waals surface area (Å²) in [6.07, 6.45) is 0. The molecule has 9 heteroatoms. The zero-order valence-electron chi connectivity index (χ0n) is 8.78. The van der Waals surface area contributed by atoms with E-state index in [-0.39, 0.29) is 13.2 Å². The van der Waals surface area contributed by atoms with Gasteiger partial charge in [-0.1, -0.05) is 47.0 Å². The third-order valence-corrected chi connectivity index (χ3v) is 5.12. The predicted octanol–water partition coefficient (Wildman–Crippen LogP) is 3.50. The minimum atomic E-state index is -3.57. The van der Waals surface area contributed by atoms with Gasteiger partial charge in [0.1, 0.15) is 0 Å². The summed E-state index contributed by atoms with van der Waals surface area (Å²) in [7, 11) is -3.57. The first kappa shape index (κ1) is 16.9. The van der Waals surface area contributed by atoms with Crippen molar-refractivity contribution < 1.29 is 13.6 Å². The summed E-state index contributed by atoms with van der Waals surface area (Å²) in [5.74, 6) is -1.14. The molecule has 0 aliphatic carbocycles. The van der Waals surface area contributed by atoms with Crippen LogP contribution in [0.15, 0.2) is 0 Å². The Bertz CT molecular complexity index is 264. The van der Waals surface area contributed by atoms with Gasteiger partial charge < -0.3 is 14.4 Å². The molecule has 4 nitrogen and oxygen atoms in total. The molecular weight excluding hydrogens is 315 g/mol. The summed E-state index contributed by atoms with van der Waals surface area (Å²) in [5.41, 5.74) is 1.11. The maximum Gasteiger partial charge on any atom is 0.357 e. The highest BCUT2D eigenvalue weighted by atomic mass is 35.6. The summed E-state index contributed by atoms with van der Waals surface area (Å²) in [4.78, 5) is 0. The third kappa shape index (κ3) is 5.05. The molecule has 0 saturated carbocycles. The van der Waals surface area contributed by atoms with Gasteiger partial charge in [-0.3, -0.25) is 4.57 Å². The fourth-order valence-corrected chi connectivity index (χ4v) is 4.19. The highest BCUT2D eigenvalue weighted by Gasteiger charge is 2.48. The van der Waals surface area contributed by atoms with E-state index < -0.39 is 17.2 Å². The van der Waals surface area contributed by atoms with Crippen molar-refractivity contribution in [2.24, 2.45) is 0 Å². The van der Waals surface area contributed by atoms with Crippen LogP contribution in [0, 0.1) is 0 Å². The van der Waals surface area contributed by atoms with Gasteiger partial charge in [0.25, 0.3) is 0 Å². The van der Waals surface area contributed by atoms with Gasteiger partial charge in [0, 0.05) is 0 Å². The molecule has 0 rings (SSSR count). The van der Waals surface area contributed by atoms with Crippen LogP contribution in [0.3, 0.4) is 0 Å². The molecule has 0 aromatic carbocycles. The van der Waals surface area contributed by atoms with Crippen LogP contribution in [0.5, 0.6) is 0 Å². The summed E-state index contributed by atoms with van der Waals surface area (Å²) in [6, 6.07) is 0. The second-order valence-electron chi connectivity index (χ2n) is 2.60. The molecule has 0 radical (unpaired) electrons. The van der Waals surface area contributed by atoms with Gasteiger partial charge in [-0.15, -0.1) is 0 Å². The predicted molar refractivity (Wildman–Crippen MR) is 71.7 cm³/mol. The second-order valence-corrected chi connectivity index (χ2v) is 7.32. The Labute approximate surface area is 115 Å². The Kier molecular flexibility index (Phi) is 7.79. The number of hydrogen-bond acceptors (Lipinski definition) is 4. The highest BCUT2D eigenvalue weighted by molar-refractivity contribution is 7.78. The van der Waals surface area contributed by atoms with Gasteiger partial charge in [-0.25, -0.2) is 0 Å². The largest absolute Gasteiger partial charge is 0.365 e. The van der Waals surface area contributed by atoms with Crippen LogP contribution >= 0.6 is 54.6 Å². The zero-order valence-corrected chi connectivity index (χ0v) is 12.8. The Hall–Kier alpha value is 0.910. The summed E-state index contributed by atoms with van der Waals surface area (Å²) >= 11 is 21.7. The van der Waals surface area contributed by atoms with E-state index in [9.17, 15) is 4.57 Å². The quantitative estimate of drug-likeness (QED) is 0.440. The molecule has 0 aliphatic heterocycles. The van der Waals surface area contributed by atoms with E-state index in [1.165, 1.54) is 0 Å². The van der Waals surface area contributed by atoms with E-state index >= 15 is 0 Å². The fourth-order valence-electron chi connectivity index (χ4n) is 0.976. The van der Waals surface area contributed by atoms with Crippen molar-refractivity contribution in [1.29, 1.82) is 0 Å². The molecule has 0 fully saturated rings. The Morgan fingerprint density at radius 1 is 1.38 bits per heavy atom. The first-order valence-corrected chi connectivity index (χ1v) is 7.68. The third-order valence-electron chi connectivity index (χ3n) is 1.47. The van der Waals surface area contributed by atoms with Crippen LogP contribution in [0.2, 0.25) is 0 Å². The Morgan fingerprint density at radius 3 is 2.06 bits per heavy atom. The number of halogens is 3. The lowest BCUT2D eigenvalue weighted by atomic mass is 10.7. The second kappa shape index (κ2) is 7.37. The maximum atomic E-state index is 12.3. The number of hydrogen-bond donors (Lipinski definition) is 1. The average molecular weight is 329 g/mol. The van der Waals surface area contributed by atoms with Crippen molar-refractivity contribution in [3.8, 4) is 0 Å². The van der Waals surface area contributed by atoms with Crippen LogP contribution in [-0.2, 0) is 13.6 Å². The smallest absolute Gasteiger partial charge is 0.357 e. The summed E-state index contributed by atoms with van der Waals surface area (Å²) in [6.45, 7) is 3.68. The number of rotatable bonds is 7. The maximum absolute atomic E-state index is 12.3. The van der Waals surface area contributed by atoms with E-state index in [2.05, 4.69) is 17.5 Å². The van der Waals surface area contributed by atoms with Gasteiger partial charge in [0.05, 0.1) is 18.7 Å². The molecule has 16 heavy (non-hydrogen) atoms. The topological polar surface area (TPSA) is 47.6 Å². The summed E-state index contributed by atoms with van der Waals surface area (Å²) in [5, 5.41) is 2.51. The Morgan fingerprint density at radius 2 is 1.81 bits per heavy atom. The molecule has 0 aromatic rings. The minimum Gasteiger partial charge on any atom is -0.365 e. The lowest BCUT2D eigenvalue weighted by Gasteiger charge is -2.30. The van der Waals surface area contributed by atoms with Crippen molar-refractivity contribution >= 4 is 60.1 Å². The van der Waals surface area contributed by atoms with E-state index in [0.29, 0.717) is 0 Å². The number of alkyl halides is 3. The molecule has 1 unspecified atom stereocenters. The van der Waals surface area contributed by atoms with E-state index in [1.807, 2.05) is 0 Å². The van der Waals surface area contributed by atoms with Crippen LogP contribution in [0.25, 0.3) is 0 Å². The SMILES string of the molecule is CCOP(=O)(OCC)C(NC=S)C(Cl)(Cl)Cl. The van der Waals surface area contributed by atoms with Crippen molar-refractivity contribution in [2.75, 3.05) is 13.2 Å². The monoisotopic (exact) mass is 327 g/mol. The molecule has 96 valence electrons. The van der Waals surface area contributed by atoms with E-state index in [1.54, 1.807) is 13.8 Å². The van der Waals surface area contributed by atoms with Gasteiger partial charge >= 0.3 is 7.60 Å². The van der Waals surface area contributed by atoms with Crippen LogP contribution < -0.4 is 5.32 Å². The first-order chi connectivity index (χ1) is 7.31. The van der Waals surface area contributed by atoms with Crippen LogP contribution in [-0.4, -0.2) is 28.3 Å². The Balaban J connectivity index is 5.09. The highest BCUT2D eigenvalue weighted by Crippen LogP contribution is 2.58. The molecule has 0 aliphatic rings. The number of thiocarbonyl (C=S) groups is 1. The lowest BCUT2D eigenvalue weighted by Crippen LogP contribution is -2.40. The zero-order chi connectivity index (χ0) is 12.8. The minimum absolute atomic E-state index is 0.174. The summed E-state index contributed by atoms with van der Waals surface area (Å²) < 4.78 is 20.6. The van der Waals surface area contributed by atoms with Gasteiger partial charge in [0.15, 0.2) is 5.78 Å². The molecule has 1 atom stereocenters. The molecule has 0 aromatic heterocycles. The molecule has 0 bridgehead atoms. The van der Waals surface area contributed by atoms with Crippen LogP contribution in [0.4, 0.5) is 0 Å². The van der Waals surface area contributed by atoms with Crippen LogP contribution in [0.1, 0.15) is 13.8 Å². The van der Waals surface area contributed by atoms with E-state index in [0.717, 1.165) is 5.49 Å². The van der Waals surface area contributed by atoms with Crippen molar-refractivity contribution in [3.63, 3.8) is 0 Å². The molecule has 0 heterocycles. The molecule has 0 spiro atoms. The van der Waals surface area contributed by atoms with Crippen molar-refractivity contribution in [1.82, 2.24) is 5.32 Å². The average Bonchev–Trinajstić information content (AvgIpc) is 2.13. The van der Waals surface area contributed by atoms with Gasteiger partial charge in [-0.05, 0) is 13.8 Å². The molecule has 0 amide bonds. The van der Waals surface area contributed by atoms with E-state index in [4.69, 9.17) is 43.9 Å². The fraction of sp³-hybridized carbons (Fsp3) is 0.857. The lowest BCUT2D eigenvalue weighted by molar-refractivity contribution is 0.210. The van der Waals surface area contributed by atoms with Crippen molar-refractivity contribution in [2.45, 2.75) is 23.4 Å². The van der Waals surface area contributed by atoms with Gasteiger partial charge in [0.2, 0.25) is 3.79 Å². The van der Waals surface area contributed by atoms with Crippen molar-refractivity contribution in [3.05, 3.63) is 0 Å². The molecule has 1 N–H and O–H groups in total. The van der Waals surface area contributed by atoms with Gasteiger partial charge in [-0.2, -0.15) is 0 Å². The first-order valence-electron chi connectivity index (χ1n) is 4.47. The molecule has 0 saturated heterocycles. The standard InChI is InChI=1S/C7H13Cl3NO3PS/c1-3-13-15(12,14-4-2)6(11-5-16)7(8,9)10/h5-6H,3-4H2,1-2H3,(H,11,16). The number of nitrogens with one attached hydrogen (secondary N) is 1. The molecular formula is C7H13Cl3NO3PS.